The molecule has 1 atom stereocenters. The maximum Gasteiger partial charge on any atom is 0.191 e. The molecule has 28 heavy (non-hydrogen) atoms. The van der Waals surface area contributed by atoms with Crippen LogP contribution in [0.15, 0.2) is 35.3 Å². The number of rotatable bonds is 9. The van der Waals surface area contributed by atoms with Gasteiger partial charge in [-0.3, -0.25) is 9.89 Å². The normalized spacial score (nSPS) is 17.1. The minimum atomic E-state index is 0. The van der Waals surface area contributed by atoms with Crippen LogP contribution in [0.2, 0.25) is 0 Å². The summed E-state index contributed by atoms with van der Waals surface area (Å²) in [4.78, 5) is 9.85. The van der Waals surface area contributed by atoms with E-state index < -0.39 is 0 Å². The quantitative estimate of drug-likeness (QED) is 0.235. The summed E-state index contributed by atoms with van der Waals surface area (Å²) in [6.07, 6.45) is 0. The molecule has 0 aromatic heterocycles. The maximum absolute atomic E-state index is 5.75. The van der Waals surface area contributed by atoms with Gasteiger partial charge in [0.25, 0.3) is 0 Å². The van der Waals surface area contributed by atoms with Crippen molar-refractivity contribution >= 4 is 29.9 Å². The summed E-state index contributed by atoms with van der Waals surface area (Å²) >= 11 is 0. The second kappa shape index (κ2) is 14.0. The first kappa shape index (κ1) is 25.0. The van der Waals surface area contributed by atoms with E-state index in [-0.39, 0.29) is 24.0 Å². The number of para-hydroxylation sites is 1. The number of hydrogen-bond donors (Lipinski definition) is 2. The van der Waals surface area contributed by atoms with Crippen LogP contribution in [0.25, 0.3) is 0 Å². The van der Waals surface area contributed by atoms with E-state index in [1.54, 1.807) is 0 Å². The minimum absolute atomic E-state index is 0. The Morgan fingerprint density at radius 3 is 2.39 bits per heavy atom. The maximum atomic E-state index is 5.75. The Morgan fingerprint density at radius 2 is 1.79 bits per heavy atom. The number of guanidine groups is 1. The first-order valence-corrected chi connectivity index (χ1v) is 10.2. The molecule has 0 bridgehead atoms. The van der Waals surface area contributed by atoms with Crippen LogP contribution in [-0.4, -0.2) is 81.3 Å². The van der Waals surface area contributed by atoms with Crippen molar-refractivity contribution < 1.29 is 4.74 Å². The zero-order valence-electron chi connectivity index (χ0n) is 17.9. The molecule has 1 aromatic carbocycles. The fraction of sp³-hybridized carbons (Fsp3) is 0.667. The van der Waals surface area contributed by atoms with Crippen LogP contribution in [0.5, 0.6) is 5.75 Å². The molecule has 0 amide bonds. The molecule has 7 heteroatoms. The number of piperazine rings is 1. The molecule has 2 rings (SSSR count). The van der Waals surface area contributed by atoms with Crippen molar-refractivity contribution in [3.63, 3.8) is 0 Å². The number of hydrogen-bond acceptors (Lipinski definition) is 4. The molecular formula is C21H38IN5O. The zero-order valence-corrected chi connectivity index (χ0v) is 20.2. The van der Waals surface area contributed by atoms with Crippen molar-refractivity contribution in [3.8, 4) is 5.75 Å². The fourth-order valence-corrected chi connectivity index (χ4v) is 3.28. The summed E-state index contributed by atoms with van der Waals surface area (Å²) in [5, 5.41) is 6.72. The first-order chi connectivity index (χ1) is 13.1. The van der Waals surface area contributed by atoms with Gasteiger partial charge in [-0.2, -0.15) is 0 Å². The summed E-state index contributed by atoms with van der Waals surface area (Å²) in [6.45, 7) is 14.2. The van der Waals surface area contributed by atoms with Crippen LogP contribution in [0, 0.1) is 5.92 Å². The highest BCUT2D eigenvalue weighted by molar-refractivity contribution is 14.0. The molecule has 160 valence electrons. The Balaban J connectivity index is 0.00000392. The van der Waals surface area contributed by atoms with E-state index >= 15 is 0 Å². The van der Waals surface area contributed by atoms with Gasteiger partial charge in [-0.15, -0.1) is 24.0 Å². The number of nitrogens with one attached hydrogen (secondary N) is 2. The molecule has 1 unspecified atom stereocenters. The highest BCUT2D eigenvalue weighted by Gasteiger charge is 2.24. The molecule has 1 aromatic rings. The van der Waals surface area contributed by atoms with Gasteiger partial charge in [-0.1, -0.05) is 32.0 Å². The predicted molar refractivity (Wildman–Crippen MR) is 129 cm³/mol. The van der Waals surface area contributed by atoms with Gasteiger partial charge in [0.05, 0.1) is 13.1 Å². The number of halogens is 1. The van der Waals surface area contributed by atoms with Gasteiger partial charge in [0.15, 0.2) is 5.96 Å². The van der Waals surface area contributed by atoms with Gasteiger partial charge in [0.1, 0.15) is 12.4 Å². The highest BCUT2D eigenvalue weighted by atomic mass is 127. The van der Waals surface area contributed by atoms with E-state index in [0.29, 0.717) is 18.6 Å². The number of aliphatic imine (C=N–C) groups is 1. The van der Waals surface area contributed by atoms with Crippen molar-refractivity contribution in [2.24, 2.45) is 10.9 Å². The van der Waals surface area contributed by atoms with Gasteiger partial charge in [0, 0.05) is 38.8 Å². The van der Waals surface area contributed by atoms with Crippen molar-refractivity contribution in [2.75, 3.05) is 59.5 Å². The summed E-state index contributed by atoms with van der Waals surface area (Å²) in [5.74, 6) is 2.35. The number of nitrogens with zero attached hydrogens (tertiary/aromatic N) is 3. The second-order valence-electron chi connectivity index (χ2n) is 7.46. The van der Waals surface area contributed by atoms with Crippen molar-refractivity contribution in [1.29, 1.82) is 0 Å². The van der Waals surface area contributed by atoms with Gasteiger partial charge >= 0.3 is 0 Å². The van der Waals surface area contributed by atoms with Gasteiger partial charge < -0.3 is 20.3 Å². The average Bonchev–Trinajstić information content (AvgIpc) is 2.67. The number of likely N-dealkylation sites (N-methyl/N-ethyl adjacent to an activating group) is 1. The smallest absolute Gasteiger partial charge is 0.191 e. The Hall–Kier alpha value is -1.06. The third-order valence-electron chi connectivity index (χ3n) is 4.96. The van der Waals surface area contributed by atoms with Gasteiger partial charge in [-0.05, 0) is 32.0 Å². The van der Waals surface area contributed by atoms with Crippen LogP contribution in [0.1, 0.15) is 20.8 Å². The molecular weight excluding hydrogens is 465 g/mol. The molecule has 0 spiro atoms. The lowest BCUT2D eigenvalue weighted by Crippen LogP contribution is -2.52. The molecule has 6 nitrogen and oxygen atoms in total. The van der Waals surface area contributed by atoms with Crippen molar-refractivity contribution in [3.05, 3.63) is 30.3 Å². The lowest BCUT2D eigenvalue weighted by molar-refractivity contribution is 0.0925. The van der Waals surface area contributed by atoms with Crippen LogP contribution in [-0.2, 0) is 0 Å². The lowest BCUT2D eigenvalue weighted by Gasteiger charge is -2.39. The van der Waals surface area contributed by atoms with E-state index in [1.807, 2.05) is 30.3 Å². The third kappa shape index (κ3) is 8.96. The van der Waals surface area contributed by atoms with E-state index in [4.69, 9.17) is 9.73 Å². The zero-order chi connectivity index (χ0) is 19.5. The molecule has 0 saturated carbocycles. The molecule has 0 radical (unpaired) electrons. The minimum Gasteiger partial charge on any atom is -0.492 e. The van der Waals surface area contributed by atoms with Gasteiger partial charge in [-0.25, -0.2) is 0 Å². The largest absolute Gasteiger partial charge is 0.492 e. The third-order valence-corrected chi connectivity index (χ3v) is 4.96. The Bertz CT molecular complexity index is 547. The van der Waals surface area contributed by atoms with Crippen molar-refractivity contribution in [1.82, 2.24) is 20.4 Å². The van der Waals surface area contributed by atoms with E-state index in [0.717, 1.165) is 57.5 Å². The molecule has 2 N–H and O–H groups in total. The monoisotopic (exact) mass is 503 g/mol. The molecule has 0 aliphatic carbocycles. The summed E-state index contributed by atoms with van der Waals surface area (Å²) in [6, 6.07) is 10.4. The Morgan fingerprint density at radius 1 is 1.11 bits per heavy atom. The summed E-state index contributed by atoms with van der Waals surface area (Å²) < 4.78 is 5.75. The lowest BCUT2D eigenvalue weighted by atomic mass is 10.0. The van der Waals surface area contributed by atoms with E-state index in [9.17, 15) is 0 Å². The van der Waals surface area contributed by atoms with Crippen LogP contribution in [0.3, 0.4) is 0 Å². The average molecular weight is 503 g/mol. The fourth-order valence-electron chi connectivity index (χ4n) is 3.28. The van der Waals surface area contributed by atoms with Crippen LogP contribution >= 0.6 is 24.0 Å². The summed E-state index contributed by atoms with van der Waals surface area (Å²) in [7, 11) is 2.20. The molecule has 1 heterocycles. The summed E-state index contributed by atoms with van der Waals surface area (Å²) in [5.41, 5.74) is 0. The number of ether oxygens (including phenoxy) is 1. The molecule has 1 saturated heterocycles. The Kier molecular flexibility index (Phi) is 12.5. The highest BCUT2D eigenvalue weighted by Crippen LogP contribution is 2.14. The standard InChI is InChI=1S/C21H37N5O.HI/c1-5-22-21(23-11-16-27-19-9-7-6-8-10-19)24-17-20(18(2)3)26-14-12-25(4)13-15-26;/h6-10,18,20H,5,11-17H2,1-4H3,(H2,22,23,24);1H. The topological polar surface area (TPSA) is 52.1 Å². The molecule has 1 aliphatic rings. The first-order valence-electron chi connectivity index (χ1n) is 10.2. The van der Waals surface area contributed by atoms with Crippen molar-refractivity contribution in [2.45, 2.75) is 26.8 Å². The molecule has 1 fully saturated rings. The van der Waals surface area contributed by atoms with Crippen LogP contribution in [0.4, 0.5) is 0 Å². The molecule has 1 aliphatic heterocycles. The predicted octanol–water partition coefficient (Wildman–Crippen LogP) is 2.51. The SMILES string of the molecule is CCNC(=NCC(C(C)C)N1CCN(C)CC1)NCCOc1ccccc1.I. The number of benzene rings is 1. The second-order valence-corrected chi connectivity index (χ2v) is 7.46. The van der Waals surface area contributed by atoms with Gasteiger partial charge in [0.2, 0.25) is 0 Å². The Labute approximate surface area is 188 Å². The van der Waals surface area contributed by atoms with E-state index in [2.05, 4.69) is 48.3 Å². The van der Waals surface area contributed by atoms with Crippen LogP contribution < -0.4 is 15.4 Å². The van der Waals surface area contributed by atoms with E-state index in [1.165, 1.54) is 0 Å².